The highest BCUT2D eigenvalue weighted by molar-refractivity contribution is 5.59. The Morgan fingerprint density at radius 1 is 1.59 bits per heavy atom. The molecule has 0 fully saturated rings. The first kappa shape index (κ1) is 12.9. The number of benzene rings is 1. The van der Waals surface area contributed by atoms with E-state index in [0.717, 1.165) is 0 Å². The van der Waals surface area contributed by atoms with Crippen molar-refractivity contribution in [3.63, 3.8) is 0 Å². The summed E-state index contributed by atoms with van der Waals surface area (Å²) in [4.78, 5) is 10.1. The predicted octanol–water partition coefficient (Wildman–Crippen LogP) is 1.65. The Labute approximate surface area is 98.6 Å². The smallest absolute Gasteiger partial charge is 0.289 e. The molecular formula is C11H13N3O3. The first-order valence-electron chi connectivity index (χ1n) is 4.97. The molecular weight excluding hydrogens is 222 g/mol. The Morgan fingerprint density at radius 2 is 2.24 bits per heavy atom. The molecule has 0 bridgehead atoms. The number of rotatable bonds is 4. The minimum atomic E-state index is -0.602. The monoisotopic (exact) mass is 235 g/mol. The van der Waals surface area contributed by atoms with Gasteiger partial charge in [0.15, 0.2) is 0 Å². The van der Waals surface area contributed by atoms with Crippen LogP contribution in [-0.4, -0.2) is 22.2 Å². The van der Waals surface area contributed by atoms with Gasteiger partial charge in [-0.2, -0.15) is 5.26 Å². The lowest BCUT2D eigenvalue weighted by molar-refractivity contribution is -0.385. The Bertz CT molecular complexity index is 477. The van der Waals surface area contributed by atoms with Crippen LogP contribution < -0.4 is 5.32 Å². The van der Waals surface area contributed by atoms with Gasteiger partial charge in [0, 0.05) is 11.8 Å². The van der Waals surface area contributed by atoms with Crippen molar-refractivity contribution in [1.29, 1.82) is 5.26 Å². The summed E-state index contributed by atoms with van der Waals surface area (Å²) in [7, 11) is 0. The minimum Gasteiger partial charge on any atom is -0.394 e. The number of anilines is 1. The third kappa shape index (κ3) is 3.16. The molecule has 0 atom stereocenters. The SMILES string of the molecule is CC(C)(CO)Nc1ccc(C#N)c([N+](=O)[O-])c1. The zero-order valence-electron chi connectivity index (χ0n) is 9.60. The Morgan fingerprint density at radius 3 is 2.71 bits per heavy atom. The molecule has 0 saturated carbocycles. The lowest BCUT2D eigenvalue weighted by atomic mass is 10.1. The quantitative estimate of drug-likeness (QED) is 0.610. The lowest BCUT2D eigenvalue weighted by Crippen LogP contribution is -2.34. The average molecular weight is 235 g/mol. The zero-order valence-corrected chi connectivity index (χ0v) is 9.60. The third-order valence-electron chi connectivity index (χ3n) is 2.19. The number of aliphatic hydroxyl groups excluding tert-OH is 1. The summed E-state index contributed by atoms with van der Waals surface area (Å²) in [6, 6.07) is 6.01. The fourth-order valence-electron chi connectivity index (χ4n) is 1.29. The van der Waals surface area contributed by atoms with Gasteiger partial charge in [0.2, 0.25) is 0 Å². The summed E-state index contributed by atoms with van der Waals surface area (Å²) in [6.45, 7) is 3.41. The molecule has 17 heavy (non-hydrogen) atoms. The van der Waals surface area contributed by atoms with Crippen molar-refractivity contribution in [2.24, 2.45) is 0 Å². The first-order chi connectivity index (χ1) is 7.89. The van der Waals surface area contributed by atoms with Gasteiger partial charge in [0.1, 0.15) is 11.6 Å². The summed E-state index contributed by atoms with van der Waals surface area (Å²) in [6.07, 6.45) is 0. The van der Waals surface area contributed by atoms with Gasteiger partial charge in [0.05, 0.1) is 17.1 Å². The predicted molar refractivity (Wildman–Crippen MR) is 62.6 cm³/mol. The van der Waals surface area contributed by atoms with Crippen LogP contribution >= 0.6 is 0 Å². The van der Waals surface area contributed by atoms with E-state index in [1.165, 1.54) is 12.1 Å². The van der Waals surface area contributed by atoms with E-state index in [9.17, 15) is 10.1 Å². The van der Waals surface area contributed by atoms with Crippen molar-refractivity contribution in [2.45, 2.75) is 19.4 Å². The Balaban J connectivity index is 3.10. The molecule has 1 aromatic rings. The Hall–Kier alpha value is -2.13. The van der Waals surface area contributed by atoms with Crippen molar-refractivity contribution < 1.29 is 10.0 Å². The van der Waals surface area contributed by atoms with Gasteiger partial charge in [-0.25, -0.2) is 0 Å². The Kier molecular flexibility index (Phi) is 3.66. The number of nitrogens with zero attached hydrogens (tertiary/aromatic N) is 2. The largest absolute Gasteiger partial charge is 0.394 e. The molecule has 90 valence electrons. The van der Waals surface area contributed by atoms with Crippen molar-refractivity contribution >= 4 is 11.4 Å². The van der Waals surface area contributed by atoms with Crippen molar-refractivity contribution in [3.8, 4) is 6.07 Å². The number of nitrogens with one attached hydrogen (secondary N) is 1. The standard InChI is InChI=1S/C11H13N3O3/c1-11(2,7-15)13-9-4-3-8(6-12)10(5-9)14(16)17/h3-5,13,15H,7H2,1-2H3. The normalized spacial score (nSPS) is 10.7. The number of hydrogen-bond acceptors (Lipinski definition) is 5. The fraction of sp³-hybridized carbons (Fsp3) is 0.364. The third-order valence-corrected chi connectivity index (χ3v) is 2.19. The molecule has 6 nitrogen and oxygen atoms in total. The van der Waals surface area contributed by atoms with Gasteiger partial charge in [-0.3, -0.25) is 10.1 Å². The molecule has 0 unspecified atom stereocenters. The highest BCUT2D eigenvalue weighted by atomic mass is 16.6. The molecule has 0 amide bonds. The van der Waals surface area contributed by atoms with Gasteiger partial charge in [-0.15, -0.1) is 0 Å². The van der Waals surface area contributed by atoms with E-state index in [-0.39, 0.29) is 17.9 Å². The van der Waals surface area contributed by atoms with E-state index in [0.29, 0.717) is 5.69 Å². The number of aliphatic hydroxyl groups is 1. The van der Waals surface area contributed by atoms with Crippen LogP contribution in [0.1, 0.15) is 19.4 Å². The molecule has 0 aliphatic carbocycles. The van der Waals surface area contributed by atoms with Crippen LogP contribution in [-0.2, 0) is 0 Å². The van der Waals surface area contributed by atoms with Gasteiger partial charge >= 0.3 is 0 Å². The van der Waals surface area contributed by atoms with E-state index in [2.05, 4.69) is 5.32 Å². The van der Waals surface area contributed by atoms with Crippen LogP contribution in [0.4, 0.5) is 11.4 Å². The second kappa shape index (κ2) is 4.80. The summed E-state index contributed by atoms with van der Waals surface area (Å²) in [5.74, 6) is 0. The number of nitro groups is 1. The second-order valence-electron chi connectivity index (χ2n) is 4.27. The molecule has 0 heterocycles. The average Bonchev–Trinajstić information content (AvgIpc) is 2.28. The van der Waals surface area contributed by atoms with Gasteiger partial charge in [-0.05, 0) is 26.0 Å². The molecule has 1 rings (SSSR count). The van der Waals surface area contributed by atoms with Crippen molar-refractivity contribution in [1.82, 2.24) is 0 Å². The van der Waals surface area contributed by atoms with E-state index in [1.54, 1.807) is 26.0 Å². The second-order valence-corrected chi connectivity index (χ2v) is 4.27. The molecule has 2 N–H and O–H groups in total. The first-order valence-corrected chi connectivity index (χ1v) is 4.97. The van der Waals surface area contributed by atoms with Crippen LogP contribution in [0.2, 0.25) is 0 Å². The maximum absolute atomic E-state index is 10.7. The summed E-state index contributed by atoms with van der Waals surface area (Å²) in [5, 5.41) is 31.5. The van der Waals surface area contributed by atoms with Crippen LogP contribution in [0, 0.1) is 21.4 Å². The molecule has 6 heteroatoms. The van der Waals surface area contributed by atoms with Gasteiger partial charge < -0.3 is 10.4 Å². The molecule has 0 spiro atoms. The zero-order chi connectivity index (χ0) is 13.1. The van der Waals surface area contributed by atoms with Crippen LogP contribution in [0.15, 0.2) is 18.2 Å². The van der Waals surface area contributed by atoms with Gasteiger partial charge in [-0.1, -0.05) is 0 Å². The van der Waals surface area contributed by atoms with E-state index < -0.39 is 10.5 Å². The minimum absolute atomic E-state index is 0.0161. The van der Waals surface area contributed by atoms with Crippen molar-refractivity contribution in [2.75, 3.05) is 11.9 Å². The summed E-state index contributed by atoms with van der Waals surface area (Å²) in [5.41, 5.74) is -0.314. The molecule has 1 aromatic carbocycles. The van der Waals surface area contributed by atoms with Crippen LogP contribution in [0.3, 0.4) is 0 Å². The molecule has 0 aliphatic heterocycles. The molecule has 0 aliphatic rings. The van der Waals surface area contributed by atoms with Crippen LogP contribution in [0.25, 0.3) is 0 Å². The highest BCUT2D eigenvalue weighted by Crippen LogP contribution is 2.24. The van der Waals surface area contributed by atoms with E-state index in [4.69, 9.17) is 10.4 Å². The maximum Gasteiger partial charge on any atom is 0.289 e. The van der Waals surface area contributed by atoms with E-state index >= 15 is 0 Å². The fourth-order valence-corrected chi connectivity index (χ4v) is 1.29. The summed E-state index contributed by atoms with van der Waals surface area (Å²) >= 11 is 0. The van der Waals surface area contributed by atoms with E-state index in [1.807, 2.05) is 0 Å². The molecule has 0 radical (unpaired) electrons. The van der Waals surface area contributed by atoms with Gasteiger partial charge in [0.25, 0.3) is 5.69 Å². The molecule has 0 aromatic heterocycles. The number of hydrogen-bond donors (Lipinski definition) is 2. The maximum atomic E-state index is 10.7. The lowest BCUT2D eigenvalue weighted by Gasteiger charge is -2.24. The number of nitriles is 1. The van der Waals surface area contributed by atoms with Crippen molar-refractivity contribution in [3.05, 3.63) is 33.9 Å². The summed E-state index contributed by atoms with van der Waals surface area (Å²) < 4.78 is 0. The highest BCUT2D eigenvalue weighted by Gasteiger charge is 2.19. The van der Waals surface area contributed by atoms with Crippen LogP contribution in [0.5, 0.6) is 0 Å². The topological polar surface area (TPSA) is 99.2 Å². The number of nitro benzene ring substituents is 1. The molecule has 0 saturated heterocycles.